The molecule has 1 unspecified atom stereocenters. The first-order valence-corrected chi connectivity index (χ1v) is 8.32. The van der Waals surface area contributed by atoms with Crippen molar-refractivity contribution in [2.45, 2.75) is 37.6 Å². The minimum atomic E-state index is 0.409. The molecular formula is C15H24ClNOS. The molecule has 0 saturated heterocycles. The van der Waals surface area contributed by atoms with Crippen LogP contribution in [0.4, 0.5) is 0 Å². The number of ether oxygens (including phenoxy) is 1. The van der Waals surface area contributed by atoms with Crippen LogP contribution in [0.2, 0.25) is 5.02 Å². The molecule has 0 aliphatic carbocycles. The molecule has 4 heteroatoms. The molecular weight excluding hydrogens is 278 g/mol. The van der Waals surface area contributed by atoms with Gasteiger partial charge in [0.1, 0.15) is 0 Å². The lowest BCUT2D eigenvalue weighted by molar-refractivity contribution is 0.117. The van der Waals surface area contributed by atoms with Gasteiger partial charge >= 0.3 is 0 Å². The normalized spacial score (nSPS) is 12.6. The Kier molecular flexibility index (Phi) is 9.35. The van der Waals surface area contributed by atoms with E-state index in [1.807, 2.05) is 23.9 Å². The van der Waals surface area contributed by atoms with Crippen LogP contribution in [0.3, 0.4) is 0 Å². The number of rotatable bonds is 10. The molecule has 0 radical (unpaired) electrons. The zero-order chi connectivity index (χ0) is 13.9. The molecule has 0 amide bonds. The lowest BCUT2D eigenvalue weighted by Crippen LogP contribution is -2.36. The summed E-state index contributed by atoms with van der Waals surface area (Å²) in [5.74, 6) is 1.02. The monoisotopic (exact) mass is 301 g/mol. The van der Waals surface area contributed by atoms with Crippen LogP contribution >= 0.6 is 23.4 Å². The largest absolute Gasteiger partial charge is 0.380 e. The van der Waals surface area contributed by atoms with Gasteiger partial charge in [-0.3, -0.25) is 0 Å². The van der Waals surface area contributed by atoms with Crippen LogP contribution in [0, 0.1) is 0 Å². The van der Waals surface area contributed by atoms with Crippen molar-refractivity contribution in [3.8, 4) is 0 Å². The molecule has 0 saturated carbocycles. The Labute approximate surface area is 126 Å². The molecule has 19 heavy (non-hydrogen) atoms. The predicted octanol–water partition coefficient (Wildman–Crippen LogP) is 4.23. The maximum absolute atomic E-state index is 5.89. The van der Waals surface area contributed by atoms with Gasteiger partial charge in [-0.2, -0.15) is 0 Å². The number of hydrogen-bond donors (Lipinski definition) is 1. The van der Waals surface area contributed by atoms with E-state index in [4.69, 9.17) is 16.3 Å². The molecule has 1 rings (SSSR count). The van der Waals surface area contributed by atoms with Gasteiger partial charge in [-0.1, -0.05) is 25.4 Å². The van der Waals surface area contributed by atoms with Gasteiger partial charge in [-0.05, 0) is 43.7 Å². The van der Waals surface area contributed by atoms with Crippen LogP contribution < -0.4 is 5.32 Å². The highest BCUT2D eigenvalue weighted by Crippen LogP contribution is 2.21. The minimum absolute atomic E-state index is 0.409. The van der Waals surface area contributed by atoms with Crippen molar-refractivity contribution in [1.82, 2.24) is 5.32 Å². The number of benzene rings is 1. The van der Waals surface area contributed by atoms with E-state index in [9.17, 15) is 0 Å². The zero-order valence-corrected chi connectivity index (χ0v) is 13.4. The van der Waals surface area contributed by atoms with Crippen LogP contribution in [-0.2, 0) is 4.74 Å². The summed E-state index contributed by atoms with van der Waals surface area (Å²) in [5, 5.41) is 4.33. The molecule has 0 spiro atoms. The van der Waals surface area contributed by atoms with E-state index in [-0.39, 0.29) is 0 Å². The van der Waals surface area contributed by atoms with E-state index in [0.29, 0.717) is 6.04 Å². The van der Waals surface area contributed by atoms with Gasteiger partial charge in [-0.25, -0.2) is 0 Å². The van der Waals surface area contributed by atoms with Crippen molar-refractivity contribution in [1.29, 1.82) is 0 Å². The molecule has 0 aliphatic heterocycles. The first-order valence-electron chi connectivity index (χ1n) is 6.95. The van der Waals surface area contributed by atoms with Crippen LogP contribution in [0.15, 0.2) is 29.2 Å². The van der Waals surface area contributed by atoms with Gasteiger partial charge < -0.3 is 10.1 Å². The quantitative estimate of drug-likeness (QED) is 0.516. The lowest BCUT2D eigenvalue weighted by Gasteiger charge is -2.18. The summed E-state index contributed by atoms with van der Waals surface area (Å²) in [5.41, 5.74) is 0. The van der Waals surface area contributed by atoms with Crippen molar-refractivity contribution in [3.63, 3.8) is 0 Å². The average molecular weight is 302 g/mol. The Bertz CT molecular complexity index is 331. The molecule has 1 aromatic carbocycles. The highest BCUT2D eigenvalue weighted by atomic mass is 35.5. The molecule has 1 N–H and O–H groups in total. The second kappa shape index (κ2) is 10.6. The average Bonchev–Trinajstić information content (AvgIpc) is 2.43. The van der Waals surface area contributed by atoms with Gasteiger partial charge in [0.15, 0.2) is 0 Å². The van der Waals surface area contributed by atoms with Gasteiger partial charge in [-0.15, -0.1) is 11.8 Å². The third kappa shape index (κ3) is 7.83. The maximum Gasteiger partial charge on any atom is 0.0627 e. The summed E-state index contributed by atoms with van der Waals surface area (Å²) in [6.07, 6.45) is 2.22. The molecule has 0 bridgehead atoms. The molecule has 2 nitrogen and oxygen atoms in total. The van der Waals surface area contributed by atoms with Crippen molar-refractivity contribution in [2.24, 2.45) is 0 Å². The smallest absolute Gasteiger partial charge is 0.0627 e. The van der Waals surface area contributed by atoms with E-state index < -0.39 is 0 Å². The van der Waals surface area contributed by atoms with E-state index in [1.165, 1.54) is 4.90 Å². The van der Waals surface area contributed by atoms with Crippen LogP contribution in [-0.4, -0.2) is 31.6 Å². The van der Waals surface area contributed by atoms with Crippen molar-refractivity contribution >= 4 is 23.4 Å². The highest BCUT2D eigenvalue weighted by Gasteiger charge is 2.08. The van der Waals surface area contributed by atoms with Gasteiger partial charge in [0, 0.05) is 28.3 Å². The Balaban J connectivity index is 2.35. The summed E-state index contributed by atoms with van der Waals surface area (Å²) in [6.45, 7) is 6.99. The molecule has 0 aromatic heterocycles. The fourth-order valence-electron chi connectivity index (χ4n) is 1.61. The van der Waals surface area contributed by atoms with E-state index in [1.54, 1.807) is 0 Å². The van der Waals surface area contributed by atoms with Gasteiger partial charge in [0.25, 0.3) is 0 Å². The predicted molar refractivity (Wildman–Crippen MR) is 85.4 cm³/mol. The second-order valence-corrected chi connectivity index (χ2v) is 6.02. The van der Waals surface area contributed by atoms with Crippen molar-refractivity contribution < 1.29 is 4.74 Å². The SMILES string of the molecule is CCCNC(COCCC)CSc1ccc(Cl)cc1. The number of hydrogen-bond acceptors (Lipinski definition) is 3. The maximum atomic E-state index is 5.89. The standard InChI is InChI=1S/C15H24ClNOS/c1-3-9-17-14(11-18-10-4-2)12-19-15-7-5-13(16)6-8-15/h5-8,14,17H,3-4,9-12H2,1-2H3. The lowest BCUT2D eigenvalue weighted by atomic mass is 10.3. The molecule has 0 heterocycles. The first kappa shape index (κ1) is 16.8. The number of nitrogens with one attached hydrogen (secondary N) is 1. The summed E-state index contributed by atoms with van der Waals surface area (Å²) in [4.78, 5) is 1.25. The second-order valence-electron chi connectivity index (χ2n) is 4.49. The third-order valence-electron chi connectivity index (χ3n) is 2.62. The Morgan fingerprint density at radius 3 is 2.58 bits per heavy atom. The number of halogens is 1. The van der Waals surface area contributed by atoms with E-state index in [2.05, 4.69) is 31.3 Å². The highest BCUT2D eigenvalue weighted by molar-refractivity contribution is 7.99. The minimum Gasteiger partial charge on any atom is -0.380 e. The van der Waals surface area contributed by atoms with Crippen LogP contribution in [0.5, 0.6) is 0 Å². The fraction of sp³-hybridized carbons (Fsp3) is 0.600. The van der Waals surface area contributed by atoms with Crippen LogP contribution in [0.1, 0.15) is 26.7 Å². The summed E-state index contributed by atoms with van der Waals surface area (Å²) in [6, 6.07) is 8.41. The Hall–Kier alpha value is -0.220. The van der Waals surface area contributed by atoms with Crippen molar-refractivity contribution in [3.05, 3.63) is 29.3 Å². The zero-order valence-electron chi connectivity index (χ0n) is 11.8. The van der Waals surface area contributed by atoms with Gasteiger partial charge in [0.2, 0.25) is 0 Å². The first-order chi connectivity index (χ1) is 9.26. The molecule has 1 aromatic rings. The van der Waals surface area contributed by atoms with E-state index >= 15 is 0 Å². The fourth-order valence-corrected chi connectivity index (χ4v) is 2.67. The molecule has 1 atom stereocenters. The van der Waals surface area contributed by atoms with E-state index in [0.717, 1.165) is 43.4 Å². The Morgan fingerprint density at radius 2 is 1.95 bits per heavy atom. The van der Waals surface area contributed by atoms with Crippen LogP contribution in [0.25, 0.3) is 0 Å². The molecule has 0 fully saturated rings. The topological polar surface area (TPSA) is 21.3 Å². The van der Waals surface area contributed by atoms with Crippen molar-refractivity contribution in [2.75, 3.05) is 25.5 Å². The molecule has 0 aliphatic rings. The molecule has 108 valence electrons. The Morgan fingerprint density at radius 1 is 1.21 bits per heavy atom. The summed E-state index contributed by atoms with van der Waals surface area (Å²) >= 11 is 7.73. The number of thioether (sulfide) groups is 1. The summed E-state index contributed by atoms with van der Waals surface area (Å²) < 4.78 is 5.65. The third-order valence-corrected chi connectivity index (χ3v) is 4.04. The van der Waals surface area contributed by atoms with Gasteiger partial charge in [0.05, 0.1) is 6.61 Å². The summed E-state index contributed by atoms with van der Waals surface area (Å²) in [7, 11) is 0.